The molecule has 0 fully saturated rings. The first-order valence-electron chi connectivity index (χ1n) is 7.55. The number of hydrogen-bond acceptors (Lipinski definition) is 2. The Labute approximate surface area is 149 Å². The lowest BCUT2D eigenvalue weighted by Gasteiger charge is -2.12. The summed E-state index contributed by atoms with van der Waals surface area (Å²) in [7, 11) is 0. The molecule has 0 saturated carbocycles. The first-order chi connectivity index (χ1) is 11.7. The van der Waals surface area contributed by atoms with Gasteiger partial charge in [-0.3, -0.25) is 4.79 Å². The van der Waals surface area contributed by atoms with Gasteiger partial charge in [0.25, 0.3) is 5.91 Å². The Hall–Kier alpha value is -2.59. The molecule has 1 N–H and O–H groups in total. The minimum absolute atomic E-state index is 0.0499. The third kappa shape index (κ3) is 4.03. The largest absolute Gasteiger partial charge is 0.483 e. The molecule has 0 radical (unpaired) electrons. The molecule has 0 aliphatic rings. The molecule has 0 spiro atoms. The molecule has 24 heavy (non-hydrogen) atoms. The van der Waals surface area contributed by atoms with Crippen molar-refractivity contribution in [3.05, 3.63) is 83.3 Å². The molecule has 0 aromatic heterocycles. The van der Waals surface area contributed by atoms with Gasteiger partial charge in [0.2, 0.25) is 0 Å². The lowest BCUT2D eigenvalue weighted by Crippen LogP contribution is -2.20. The molecule has 120 valence electrons. The third-order valence-electron chi connectivity index (χ3n) is 3.48. The molecular formula is C20H16BrNO2. The van der Waals surface area contributed by atoms with Gasteiger partial charge in [-0.15, -0.1) is 0 Å². The van der Waals surface area contributed by atoms with Crippen LogP contribution in [0, 0.1) is 0 Å². The van der Waals surface area contributed by atoms with Crippen molar-refractivity contribution in [2.45, 2.75) is 0 Å². The molecule has 0 heterocycles. The monoisotopic (exact) mass is 381 g/mol. The standard InChI is InChI=1S/C20H16BrNO2/c21-17-11-5-7-13-19(17)24-14-20(23)22-18-12-6-4-10-16(18)15-8-2-1-3-9-15/h1-13H,14H2,(H,22,23). The Bertz CT molecular complexity index is 834. The van der Waals surface area contributed by atoms with Crippen molar-refractivity contribution in [1.82, 2.24) is 0 Å². The SMILES string of the molecule is O=C(COc1ccccc1Br)Nc1ccccc1-c1ccccc1. The Balaban J connectivity index is 1.70. The van der Waals surface area contributed by atoms with Crippen LogP contribution in [0.25, 0.3) is 11.1 Å². The number of carbonyl (C=O) groups is 1. The summed E-state index contributed by atoms with van der Waals surface area (Å²) >= 11 is 3.40. The van der Waals surface area contributed by atoms with E-state index < -0.39 is 0 Å². The normalized spacial score (nSPS) is 10.2. The van der Waals surface area contributed by atoms with Gasteiger partial charge in [0, 0.05) is 11.3 Å². The summed E-state index contributed by atoms with van der Waals surface area (Å²) in [5.74, 6) is 0.443. The molecule has 0 bridgehead atoms. The lowest BCUT2D eigenvalue weighted by molar-refractivity contribution is -0.118. The Kier molecular flexibility index (Phi) is 5.29. The van der Waals surface area contributed by atoms with Crippen LogP contribution in [0.1, 0.15) is 0 Å². The zero-order chi connectivity index (χ0) is 16.8. The maximum absolute atomic E-state index is 12.2. The van der Waals surface area contributed by atoms with Gasteiger partial charge in [-0.2, -0.15) is 0 Å². The van der Waals surface area contributed by atoms with E-state index in [1.165, 1.54) is 0 Å². The van der Waals surface area contributed by atoms with Gasteiger partial charge in [-0.05, 0) is 39.7 Å². The van der Waals surface area contributed by atoms with Crippen molar-refractivity contribution in [3.8, 4) is 16.9 Å². The topological polar surface area (TPSA) is 38.3 Å². The van der Waals surface area contributed by atoms with E-state index in [9.17, 15) is 4.79 Å². The van der Waals surface area contributed by atoms with E-state index >= 15 is 0 Å². The molecule has 0 aliphatic heterocycles. The van der Waals surface area contributed by atoms with E-state index in [-0.39, 0.29) is 12.5 Å². The second-order valence-corrected chi connectivity index (χ2v) is 6.03. The first kappa shape index (κ1) is 16.3. The Morgan fingerprint density at radius 2 is 1.54 bits per heavy atom. The highest BCUT2D eigenvalue weighted by Crippen LogP contribution is 2.28. The first-order valence-corrected chi connectivity index (χ1v) is 8.35. The van der Waals surface area contributed by atoms with E-state index in [4.69, 9.17) is 4.74 Å². The number of ether oxygens (including phenoxy) is 1. The van der Waals surface area contributed by atoms with E-state index in [2.05, 4.69) is 21.2 Å². The van der Waals surface area contributed by atoms with E-state index in [0.29, 0.717) is 5.75 Å². The molecule has 0 aliphatic carbocycles. The number of para-hydroxylation sites is 2. The molecular weight excluding hydrogens is 366 g/mol. The van der Waals surface area contributed by atoms with Gasteiger partial charge in [-0.1, -0.05) is 60.7 Å². The number of amides is 1. The molecule has 3 rings (SSSR count). The van der Waals surface area contributed by atoms with Gasteiger partial charge < -0.3 is 10.1 Å². The van der Waals surface area contributed by atoms with Crippen LogP contribution in [0.4, 0.5) is 5.69 Å². The third-order valence-corrected chi connectivity index (χ3v) is 4.14. The number of anilines is 1. The van der Waals surface area contributed by atoms with Gasteiger partial charge in [0.05, 0.1) is 4.47 Å². The van der Waals surface area contributed by atoms with Crippen molar-refractivity contribution in [2.75, 3.05) is 11.9 Å². The molecule has 1 amide bonds. The van der Waals surface area contributed by atoms with Crippen LogP contribution in [0.3, 0.4) is 0 Å². The predicted molar refractivity (Wildman–Crippen MR) is 100 cm³/mol. The number of hydrogen-bond donors (Lipinski definition) is 1. The zero-order valence-corrected chi connectivity index (χ0v) is 14.5. The second kappa shape index (κ2) is 7.79. The maximum Gasteiger partial charge on any atom is 0.262 e. The number of carbonyl (C=O) groups excluding carboxylic acids is 1. The van der Waals surface area contributed by atoms with Crippen molar-refractivity contribution in [1.29, 1.82) is 0 Å². The number of nitrogens with one attached hydrogen (secondary N) is 1. The summed E-state index contributed by atoms with van der Waals surface area (Å²) in [5, 5.41) is 2.92. The summed E-state index contributed by atoms with van der Waals surface area (Å²) in [4.78, 5) is 12.2. The van der Waals surface area contributed by atoms with Crippen molar-refractivity contribution in [3.63, 3.8) is 0 Å². The van der Waals surface area contributed by atoms with E-state index in [1.54, 1.807) is 0 Å². The summed E-state index contributed by atoms with van der Waals surface area (Å²) in [6.07, 6.45) is 0. The van der Waals surface area contributed by atoms with Gasteiger partial charge >= 0.3 is 0 Å². The van der Waals surface area contributed by atoms with Gasteiger partial charge in [-0.25, -0.2) is 0 Å². The summed E-state index contributed by atoms with van der Waals surface area (Å²) in [5.41, 5.74) is 2.80. The molecule has 3 aromatic carbocycles. The van der Waals surface area contributed by atoms with Crippen LogP contribution in [-0.4, -0.2) is 12.5 Å². The highest BCUT2D eigenvalue weighted by molar-refractivity contribution is 9.10. The average molecular weight is 382 g/mol. The van der Waals surface area contributed by atoms with Crippen LogP contribution >= 0.6 is 15.9 Å². The highest BCUT2D eigenvalue weighted by Gasteiger charge is 2.09. The van der Waals surface area contributed by atoms with E-state index in [1.807, 2.05) is 78.9 Å². The van der Waals surface area contributed by atoms with Crippen molar-refractivity contribution in [2.24, 2.45) is 0 Å². The van der Waals surface area contributed by atoms with Gasteiger partial charge in [0.1, 0.15) is 5.75 Å². The number of halogens is 1. The highest BCUT2D eigenvalue weighted by atomic mass is 79.9. The molecule has 4 heteroatoms. The molecule has 0 saturated heterocycles. The fourth-order valence-electron chi connectivity index (χ4n) is 2.35. The summed E-state index contributed by atoms with van der Waals surface area (Å²) in [6.45, 7) is -0.0499. The van der Waals surface area contributed by atoms with Crippen LogP contribution in [0.5, 0.6) is 5.75 Å². The summed E-state index contributed by atoms with van der Waals surface area (Å²) < 4.78 is 6.38. The van der Waals surface area contributed by atoms with Gasteiger partial charge in [0.15, 0.2) is 6.61 Å². The Morgan fingerprint density at radius 3 is 2.33 bits per heavy atom. The Morgan fingerprint density at radius 1 is 0.875 bits per heavy atom. The van der Waals surface area contributed by atoms with Crippen molar-refractivity contribution < 1.29 is 9.53 Å². The molecule has 0 unspecified atom stereocenters. The van der Waals surface area contributed by atoms with Crippen LogP contribution in [0.2, 0.25) is 0 Å². The second-order valence-electron chi connectivity index (χ2n) is 5.18. The zero-order valence-electron chi connectivity index (χ0n) is 12.9. The van der Waals surface area contributed by atoms with Crippen LogP contribution in [0.15, 0.2) is 83.3 Å². The minimum atomic E-state index is -0.200. The van der Waals surface area contributed by atoms with Crippen molar-refractivity contribution >= 4 is 27.5 Å². The fraction of sp³-hybridized carbons (Fsp3) is 0.0500. The average Bonchev–Trinajstić information content (AvgIpc) is 2.62. The molecule has 3 nitrogen and oxygen atoms in total. The van der Waals surface area contributed by atoms with Crippen LogP contribution in [-0.2, 0) is 4.79 Å². The predicted octanol–water partition coefficient (Wildman–Crippen LogP) is 5.13. The minimum Gasteiger partial charge on any atom is -0.483 e. The van der Waals surface area contributed by atoms with Crippen LogP contribution < -0.4 is 10.1 Å². The smallest absolute Gasteiger partial charge is 0.262 e. The maximum atomic E-state index is 12.2. The van der Waals surface area contributed by atoms with E-state index in [0.717, 1.165) is 21.3 Å². The number of rotatable bonds is 5. The quantitative estimate of drug-likeness (QED) is 0.664. The molecule has 3 aromatic rings. The number of benzene rings is 3. The lowest BCUT2D eigenvalue weighted by atomic mass is 10.0. The summed E-state index contributed by atoms with van der Waals surface area (Å²) in [6, 6.07) is 25.1. The molecule has 0 atom stereocenters. The fourth-order valence-corrected chi connectivity index (χ4v) is 2.75.